The summed E-state index contributed by atoms with van der Waals surface area (Å²) in [5.41, 5.74) is 4.03. The van der Waals surface area contributed by atoms with Crippen molar-refractivity contribution in [2.24, 2.45) is 0 Å². The lowest BCUT2D eigenvalue weighted by molar-refractivity contribution is -0.114. The summed E-state index contributed by atoms with van der Waals surface area (Å²) >= 11 is 0. The highest BCUT2D eigenvalue weighted by Gasteiger charge is 2.32. The zero-order valence-corrected chi connectivity index (χ0v) is 10.6. The van der Waals surface area contributed by atoms with Gasteiger partial charge in [0, 0.05) is 18.4 Å². The van der Waals surface area contributed by atoms with Crippen LogP contribution in [0.3, 0.4) is 0 Å². The molecule has 3 rings (SSSR count). The van der Waals surface area contributed by atoms with Gasteiger partial charge in [0.15, 0.2) is 0 Å². The minimum Gasteiger partial charge on any atom is -0.344 e. The number of nitrogens with zero attached hydrogens (tertiary/aromatic N) is 1. The number of hydrogen-bond donors (Lipinski definition) is 0. The zero-order chi connectivity index (χ0) is 13.4. The van der Waals surface area contributed by atoms with E-state index in [9.17, 15) is 4.79 Å². The van der Waals surface area contributed by atoms with Gasteiger partial charge in [-0.2, -0.15) is 0 Å². The molecule has 0 bridgehead atoms. The van der Waals surface area contributed by atoms with E-state index in [1.807, 2.05) is 55.6 Å². The molecule has 0 amide bonds. The van der Waals surface area contributed by atoms with Crippen molar-refractivity contribution < 1.29 is 4.79 Å². The highest BCUT2D eigenvalue weighted by Crippen LogP contribution is 2.44. The summed E-state index contributed by atoms with van der Waals surface area (Å²) in [6.07, 6.45) is 5.34. The molecule has 2 aromatic carbocycles. The molecule has 0 saturated heterocycles. The topological polar surface area (TPSA) is 20.3 Å². The maximum absolute atomic E-state index is 12.1. The molecule has 92 valence electrons. The van der Waals surface area contributed by atoms with Crippen molar-refractivity contribution >= 4 is 17.2 Å². The Balaban J connectivity index is 2.30. The summed E-state index contributed by atoms with van der Waals surface area (Å²) in [6.45, 7) is 0. The van der Waals surface area contributed by atoms with Gasteiger partial charge in [0.2, 0.25) is 5.78 Å². The van der Waals surface area contributed by atoms with Gasteiger partial charge in [-0.25, -0.2) is 0 Å². The van der Waals surface area contributed by atoms with E-state index in [2.05, 4.69) is 10.8 Å². The van der Waals surface area contributed by atoms with Crippen molar-refractivity contribution in [3.8, 4) is 12.3 Å². The van der Waals surface area contributed by atoms with Crippen LogP contribution in [0.5, 0.6) is 0 Å². The predicted molar refractivity (Wildman–Crippen MR) is 76.6 cm³/mol. The number of carbonyl (C=O) groups excluding carboxylic acids is 1. The SMILES string of the molecule is C#CC(=O)C1c2ccccc2N(C)c2ccccc21. The van der Waals surface area contributed by atoms with E-state index in [4.69, 9.17) is 6.42 Å². The number of hydrogen-bond acceptors (Lipinski definition) is 2. The summed E-state index contributed by atoms with van der Waals surface area (Å²) < 4.78 is 0. The Hall–Kier alpha value is -2.53. The number of anilines is 2. The molecule has 0 radical (unpaired) electrons. The molecule has 1 aliphatic rings. The van der Waals surface area contributed by atoms with Crippen molar-refractivity contribution in [1.29, 1.82) is 0 Å². The van der Waals surface area contributed by atoms with E-state index in [1.54, 1.807) is 0 Å². The average molecular weight is 247 g/mol. The van der Waals surface area contributed by atoms with E-state index >= 15 is 0 Å². The first kappa shape index (κ1) is 11.6. The molecular weight excluding hydrogens is 234 g/mol. The monoisotopic (exact) mass is 247 g/mol. The first-order valence-corrected chi connectivity index (χ1v) is 6.16. The van der Waals surface area contributed by atoms with Crippen LogP contribution in [0.15, 0.2) is 48.5 Å². The van der Waals surface area contributed by atoms with Crippen molar-refractivity contribution in [3.63, 3.8) is 0 Å². The third-order valence-electron chi connectivity index (χ3n) is 3.62. The molecule has 1 aliphatic heterocycles. The number of terminal acetylenes is 1. The predicted octanol–water partition coefficient (Wildman–Crippen LogP) is 3.10. The summed E-state index contributed by atoms with van der Waals surface area (Å²) in [5.74, 6) is 1.73. The van der Waals surface area contributed by atoms with Crippen LogP contribution >= 0.6 is 0 Å². The molecule has 0 fully saturated rings. The number of Topliss-reactive ketones (excluding diaryl/α,β-unsaturated/α-hetero) is 1. The summed E-state index contributed by atoms with van der Waals surface area (Å²) in [6, 6.07) is 15.8. The summed E-state index contributed by atoms with van der Waals surface area (Å²) in [7, 11) is 2.01. The third kappa shape index (κ3) is 1.63. The zero-order valence-electron chi connectivity index (χ0n) is 10.6. The molecule has 2 nitrogen and oxygen atoms in total. The van der Waals surface area contributed by atoms with Crippen LogP contribution in [-0.4, -0.2) is 12.8 Å². The fraction of sp³-hybridized carbons (Fsp3) is 0.118. The highest BCUT2D eigenvalue weighted by molar-refractivity contribution is 6.05. The van der Waals surface area contributed by atoms with Crippen molar-refractivity contribution in [1.82, 2.24) is 0 Å². The summed E-state index contributed by atoms with van der Waals surface area (Å²) in [4.78, 5) is 14.2. The Morgan fingerprint density at radius 1 is 1.05 bits per heavy atom. The average Bonchev–Trinajstić information content (AvgIpc) is 2.47. The van der Waals surface area contributed by atoms with Crippen LogP contribution in [0, 0.1) is 12.3 Å². The van der Waals surface area contributed by atoms with Crippen LogP contribution in [0.25, 0.3) is 0 Å². The van der Waals surface area contributed by atoms with E-state index < -0.39 is 0 Å². The van der Waals surface area contributed by atoms with Gasteiger partial charge in [-0.3, -0.25) is 4.79 Å². The maximum Gasteiger partial charge on any atom is 0.217 e. The highest BCUT2D eigenvalue weighted by atomic mass is 16.1. The van der Waals surface area contributed by atoms with E-state index in [1.165, 1.54) is 0 Å². The number of para-hydroxylation sites is 2. The second-order valence-electron chi connectivity index (χ2n) is 4.62. The van der Waals surface area contributed by atoms with Crippen LogP contribution in [-0.2, 0) is 4.79 Å². The molecule has 0 spiro atoms. The normalized spacial score (nSPS) is 13.4. The largest absolute Gasteiger partial charge is 0.344 e. The second-order valence-corrected chi connectivity index (χ2v) is 4.62. The van der Waals surface area contributed by atoms with Gasteiger partial charge in [-0.05, 0) is 29.2 Å². The fourth-order valence-corrected chi connectivity index (χ4v) is 2.74. The van der Waals surface area contributed by atoms with Gasteiger partial charge in [-0.15, -0.1) is 6.42 Å². The lowest BCUT2D eigenvalue weighted by Crippen LogP contribution is -2.25. The molecule has 0 aromatic heterocycles. The minimum absolute atomic E-state index is 0.187. The van der Waals surface area contributed by atoms with Gasteiger partial charge in [0.25, 0.3) is 0 Å². The van der Waals surface area contributed by atoms with Crippen molar-refractivity contribution in [2.75, 3.05) is 11.9 Å². The molecule has 0 N–H and O–H groups in total. The number of fused-ring (bicyclic) bond motifs is 2. The third-order valence-corrected chi connectivity index (χ3v) is 3.62. The van der Waals surface area contributed by atoms with Crippen LogP contribution in [0.1, 0.15) is 17.0 Å². The molecule has 19 heavy (non-hydrogen) atoms. The van der Waals surface area contributed by atoms with Crippen molar-refractivity contribution in [2.45, 2.75) is 5.92 Å². The van der Waals surface area contributed by atoms with E-state index in [-0.39, 0.29) is 11.7 Å². The van der Waals surface area contributed by atoms with Crippen molar-refractivity contribution in [3.05, 3.63) is 59.7 Å². The molecule has 0 unspecified atom stereocenters. The van der Waals surface area contributed by atoms with Gasteiger partial charge in [0.05, 0.1) is 5.92 Å². The van der Waals surface area contributed by atoms with Crippen LogP contribution in [0.2, 0.25) is 0 Å². The smallest absolute Gasteiger partial charge is 0.217 e. The Bertz CT molecular complexity index is 649. The number of benzene rings is 2. The Morgan fingerprint density at radius 3 is 2.00 bits per heavy atom. The number of rotatable bonds is 1. The van der Waals surface area contributed by atoms with Gasteiger partial charge < -0.3 is 4.90 Å². The first-order chi connectivity index (χ1) is 9.24. The molecule has 1 heterocycles. The molecule has 0 saturated carbocycles. The molecule has 0 aliphatic carbocycles. The Kier molecular flexibility index (Phi) is 2.61. The maximum atomic E-state index is 12.1. The first-order valence-electron chi connectivity index (χ1n) is 6.16. The summed E-state index contributed by atoms with van der Waals surface area (Å²) in [5, 5.41) is 0. The molecule has 2 aromatic rings. The Morgan fingerprint density at radius 2 is 1.53 bits per heavy atom. The van der Waals surface area contributed by atoms with Gasteiger partial charge >= 0.3 is 0 Å². The van der Waals surface area contributed by atoms with Gasteiger partial charge in [0.1, 0.15) is 0 Å². The van der Waals surface area contributed by atoms with E-state index in [0.29, 0.717) is 0 Å². The lowest BCUT2D eigenvalue weighted by atomic mass is 9.82. The molecule has 2 heteroatoms. The lowest BCUT2D eigenvalue weighted by Gasteiger charge is -2.33. The van der Waals surface area contributed by atoms with Gasteiger partial charge in [-0.1, -0.05) is 36.4 Å². The van der Waals surface area contributed by atoms with Crippen LogP contribution < -0.4 is 4.90 Å². The van der Waals surface area contributed by atoms with Crippen LogP contribution in [0.4, 0.5) is 11.4 Å². The minimum atomic E-state index is -0.353. The Labute approximate surface area is 112 Å². The molecule has 0 atom stereocenters. The van der Waals surface area contributed by atoms with E-state index in [0.717, 1.165) is 22.5 Å². The second kappa shape index (κ2) is 4.29. The fourth-order valence-electron chi connectivity index (χ4n) is 2.74. The standard InChI is InChI=1S/C17H13NO/c1-3-16(19)17-12-8-4-6-10-14(12)18(2)15-11-7-5-9-13(15)17/h1,4-11,17H,2H3. The number of ketones is 1. The molecular formula is C17H13NO. The number of carbonyl (C=O) groups is 1. The quantitative estimate of drug-likeness (QED) is 0.570.